The van der Waals surface area contributed by atoms with Crippen molar-refractivity contribution < 1.29 is 5.11 Å². The van der Waals surface area contributed by atoms with Crippen molar-refractivity contribution in [3.05, 3.63) is 0 Å². The number of aliphatic hydroxyl groups excluding tert-OH is 1. The lowest BCUT2D eigenvalue weighted by molar-refractivity contribution is 0.145. The van der Waals surface area contributed by atoms with Crippen molar-refractivity contribution in [2.24, 2.45) is 11.5 Å². The fourth-order valence-electron chi connectivity index (χ4n) is 1.36. The second-order valence-electron chi connectivity index (χ2n) is 3.74. The molecule has 0 aliphatic heterocycles. The predicted octanol–water partition coefficient (Wildman–Crippen LogP) is 0.951. The zero-order chi connectivity index (χ0) is 9.61. The number of nitrogens with two attached hydrogens (primary N) is 2. The average molecular weight is 174 g/mol. The van der Waals surface area contributed by atoms with E-state index in [1.807, 2.05) is 0 Å². The van der Waals surface area contributed by atoms with Crippen LogP contribution in [0.25, 0.3) is 0 Å². The van der Waals surface area contributed by atoms with Gasteiger partial charge in [-0.3, -0.25) is 0 Å². The first-order valence-corrected chi connectivity index (χ1v) is 4.74. The summed E-state index contributed by atoms with van der Waals surface area (Å²) < 4.78 is 0. The molecule has 0 saturated heterocycles. The van der Waals surface area contributed by atoms with E-state index < -0.39 is 11.8 Å². The van der Waals surface area contributed by atoms with Gasteiger partial charge in [-0.1, -0.05) is 26.2 Å². The van der Waals surface area contributed by atoms with E-state index >= 15 is 0 Å². The smallest absolute Gasteiger partial charge is 0.0661 e. The van der Waals surface area contributed by atoms with Crippen LogP contribution in [0.5, 0.6) is 0 Å². The Hall–Kier alpha value is -0.120. The lowest BCUT2D eigenvalue weighted by Crippen LogP contribution is -2.51. The normalized spacial score (nSPS) is 14.8. The van der Waals surface area contributed by atoms with Crippen LogP contribution in [0.2, 0.25) is 0 Å². The summed E-state index contributed by atoms with van der Waals surface area (Å²) in [6.07, 6.45) is 4.26. The van der Waals surface area contributed by atoms with Crippen molar-refractivity contribution in [3.8, 4) is 0 Å². The average Bonchev–Trinajstić information content (AvgIpc) is 1.84. The minimum atomic E-state index is -0.677. The van der Waals surface area contributed by atoms with Gasteiger partial charge in [0, 0.05) is 6.42 Å². The Labute approximate surface area is 75.1 Å². The highest BCUT2D eigenvalue weighted by atomic mass is 16.3. The van der Waals surface area contributed by atoms with E-state index in [1.165, 1.54) is 6.42 Å². The quantitative estimate of drug-likeness (QED) is 0.414. The largest absolute Gasteiger partial charge is 0.393 e. The molecule has 1 atom stereocenters. The van der Waals surface area contributed by atoms with Crippen molar-refractivity contribution in [2.75, 3.05) is 0 Å². The van der Waals surface area contributed by atoms with Crippen molar-refractivity contribution in [1.29, 1.82) is 0 Å². The first-order chi connectivity index (χ1) is 5.48. The summed E-state index contributed by atoms with van der Waals surface area (Å²) in [6, 6.07) is 0. The molecular weight excluding hydrogens is 152 g/mol. The third-order valence-electron chi connectivity index (χ3n) is 1.92. The second kappa shape index (κ2) is 5.51. The van der Waals surface area contributed by atoms with Gasteiger partial charge >= 0.3 is 0 Å². The summed E-state index contributed by atoms with van der Waals surface area (Å²) in [5.41, 5.74) is 10.9. The zero-order valence-corrected chi connectivity index (χ0v) is 8.21. The van der Waals surface area contributed by atoms with Crippen LogP contribution in [0.1, 0.15) is 46.0 Å². The van der Waals surface area contributed by atoms with Crippen LogP contribution in [0.3, 0.4) is 0 Å². The van der Waals surface area contributed by atoms with Crippen LogP contribution in [-0.2, 0) is 0 Å². The number of aliphatic hydroxyl groups is 1. The number of hydrogen-bond donors (Lipinski definition) is 3. The van der Waals surface area contributed by atoms with E-state index in [0.717, 1.165) is 19.3 Å². The maximum absolute atomic E-state index is 9.08. The number of hydrogen-bond acceptors (Lipinski definition) is 3. The zero-order valence-electron chi connectivity index (χ0n) is 8.21. The lowest BCUT2D eigenvalue weighted by atomic mass is 9.97. The summed E-state index contributed by atoms with van der Waals surface area (Å²) in [7, 11) is 0. The van der Waals surface area contributed by atoms with Crippen LogP contribution in [0.15, 0.2) is 0 Å². The van der Waals surface area contributed by atoms with E-state index in [-0.39, 0.29) is 0 Å². The molecule has 0 heterocycles. The van der Waals surface area contributed by atoms with E-state index in [4.69, 9.17) is 16.6 Å². The summed E-state index contributed by atoms with van der Waals surface area (Å²) in [4.78, 5) is 0. The first kappa shape index (κ1) is 11.9. The Bertz CT molecular complexity index is 113. The Morgan fingerprint density at radius 1 is 1.33 bits per heavy atom. The maximum Gasteiger partial charge on any atom is 0.0661 e. The highest BCUT2D eigenvalue weighted by Gasteiger charge is 2.20. The Kier molecular flexibility index (Phi) is 5.46. The molecule has 0 bridgehead atoms. The Balaban J connectivity index is 3.56. The molecular formula is C9H22N2O. The highest BCUT2D eigenvalue weighted by molar-refractivity contribution is 4.78. The molecule has 0 aliphatic carbocycles. The van der Waals surface area contributed by atoms with Crippen LogP contribution >= 0.6 is 0 Å². The van der Waals surface area contributed by atoms with Crippen molar-refractivity contribution >= 4 is 0 Å². The summed E-state index contributed by atoms with van der Waals surface area (Å²) in [5, 5.41) is 9.08. The Morgan fingerprint density at radius 2 is 1.92 bits per heavy atom. The van der Waals surface area contributed by atoms with Crippen LogP contribution in [0, 0.1) is 0 Å². The molecule has 0 aromatic rings. The van der Waals surface area contributed by atoms with Crippen LogP contribution in [0.4, 0.5) is 0 Å². The van der Waals surface area contributed by atoms with E-state index in [9.17, 15) is 0 Å². The summed E-state index contributed by atoms with van der Waals surface area (Å²) in [6.45, 7) is 3.86. The van der Waals surface area contributed by atoms with Crippen LogP contribution in [-0.4, -0.2) is 16.9 Å². The van der Waals surface area contributed by atoms with Gasteiger partial charge in [-0.05, 0) is 13.3 Å². The van der Waals surface area contributed by atoms with Crippen molar-refractivity contribution in [2.45, 2.75) is 57.7 Å². The van der Waals surface area contributed by atoms with E-state index in [1.54, 1.807) is 6.92 Å². The van der Waals surface area contributed by atoms with Crippen LogP contribution < -0.4 is 11.5 Å². The molecule has 5 N–H and O–H groups in total. The van der Waals surface area contributed by atoms with Gasteiger partial charge in [0.05, 0.1) is 11.8 Å². The SMILES string of the molecule is CCCCCC(N)(N)CC(C)O. The molecule has 12 heavy (non-hydrogen) atoms. The molecule has 1 unspecified atom stereocenters. The van der Waals surface area contributed by atoms with Gasteiger partial charge in [-0.2, -0.15) is 0 Å². The standard InChI is InChI=1S/C9H22N2O/c1-3-4-5-6-9(10,11)7-8(2)12/h8,12H,3-7,10-11H2,1-2H3. The summed E-state index contributed by atoms with van der Waals surface area (Å²) >= 11 is 0. The van der Waals surface area contributed by atoms with Gasteiger partial charge in [0.1, 0.15) is 0 Å². The fourth-order valence-corrected chi connectivity index (χ4v) is 1.36. The van der Waals surface area contributed by atoms with Gasteiger partial charge in [0.2, 0.25) is 0 Å². The molecule has 0 rings (SSSR count). The predicted molar refractivity (Wildman–Crippen MR) is 51.5 cm³/mol. The molecule has 3 heteroatoms. The molecule has 74 valence electrons. The second-order valence-corrected chi connectivity index (χ2v) is 3.74. The molecule has 0 aliphatic rings. The molecule has 0 spiro atoms. The topological polar surface area (TPSA) is 72.3 Å². The van der Waals surface area contributed by atoms with Gasteiger partial charge < -0.3 is 16.6 Å². The van der Waals surface area contributed by atoms with Crippen molar-refractivity contribution in [1.82, 2.24) is 0 Å². The Morgan fingerprint density at radius 3 is 2.33 bits per heavy atom. The minimum Gasteiger partial charge on any atom is -0.393 e. The molecule has 0 saturated carbocycles. The maximum atomic E-state index is 9.08. The third-order valence-corrected chi connectivity index (χ3v) is 1.92. The van der Waals surface area contributed by atoms with E-state index in [0.29, 0.717) is 6.42 Å². The molecule has 0 radical (unpaired) electrons. The monoisotopic (exact) mass is 174 g/mol. The van der Waals surface area contributed by atoms with Gasteiger partial charge in [-0.15, -0.1) is 0 Å². The van der Waals surface area contributed by atoms with Crippen molar-refractivity contribution in [3.63, 3.8) is 0 Å². The van der Waals surface area contributed by atoms with Gasteiger partial charge in [-0.25, -0.2) is 0 Å². The molecule has 0 fully saturated rings. The lowest BCUT2D eigenvalue weighted by Gasteiger charge is -2.25. The fraction of sp³-hybridized carbons (Fsp3) is 1.00. The number of unbranched alkanes of at least 4 members (excludes halogenated alkanes) is 2. The molecule has 0 amide bonds. The van der Waals surface area contributed by atoms with E-state index in [2.05, 4.69) is 6.92 Å². The van der Waals surface area contributed by atoms with Gasteiger partial charge in [0.15, 0.2) is 0 Å². The summed E-state index contributed by atoms with van der Waals surface area (Å²) in [5.74, 6) is 0. The minimum absolute atomic E-state index is 0.401. The molecule has 3 nitrogen and oxygen atoms in total. The number of rotatable bonds is 6. The first-order valence-electron chi connectivity index (χ1n) is 4.74. The van der Waals surface area contributed by atoms with Gasteiger partial charge in [0.25, 0.3) is 0 Å². The molecule has 0 aromatic heterocycles. The highest BCUT2D eigenvalue weighted by Crippen LogP contribution is 2.12. The third kappa shape index (κ3) is 6.58. The molecule has 0 aromatic carbocycles.